The van der Waals surface area contributed by atoms with E-state index in [0.717, 1.165) is 10.7 Å². The second kappa shape index (κ2) is 5.85. The first-order chi connectivity index (χ1) is 9.77. The van der Waals surface area contributed by atoms with Gasteiger partial charge in [0.05, 0.1) is 11.3 Å². The number of ether oxygens (including phenoxy) is 1. The van der Waals surface area contributed by atoms with E-state index < -0.39 is 0 Å². The van der Waals surface area contributed by atoms with E-state index in [-0.39, 0.29) is 11.2 Å². The van der Waals surface area contributed by atoms with Crippen LogP contribution in [0.4, 0.5) is 5.69 Å². The zero-order valence-electron chi connectivity index (χ0n) is 12.8. The van der Waals surface area contributed by atoms with Gasteiger partial charge in [0, 0.05) is 16.5 Å². The van der Waals surface area contributed by atoms with Gasteiger partial charge in [0.15, 0.2) is 5.78 Å². The molecule has 0 amide bonds. The lowest BCUT2D eigenvalue weighted by Crippen LogP contribution is -2.11. The highest BCUT2D eigenvalue weighted by Crippen LogP contribution is 2.26. The van der Waals surface area contributed by atoms with E-state index in [1.54, 1.807) is 29.5 Å². The number of nitrogens with two attached hydrogens (primary N) is 1. The van der Waals surface area contributed by atoms with Crippen LogP contribution in [-0.2, 0) is 12.0 Å². The number of ketones is 1. The van der Waals surface area contributed by atoms with Crippen molar-refractivity contribution in [2.75, 3.05) is 5.73 Å². The van der Waals surface area contributed by atoms with Crippen LogP contribution in [-0.4, -0.2) is 10.8 Å². The van der Waals surface area contributed by atoms with Gasteiger partial charge >= 0.3 is 0 Å². The normalized spacial score (nSPS) is 11.4. The highest BCUT2D eigenvalue weighted by atomic mass is 32.1. The van der Waals surface area contributed by atoms with E-state index >= 15 is 0 Å². The highest BCUT2D eigenvalue weighted by molar-refractivity contribution is 7.09. The van der Waals surface area contributed by atoms with Crippen LogP contribution < -0.4 is 10.5 Å². The number of nitrogen functional groups attached to an aromatic ring is 1. The van der Waals surface area contributed by atoms with Gasteiger partial charge < -0.3 is 10.5 Å². The van der Waals surface area contributed by atoms with Crippen molar-refractivity contribution in [2.24, 2.45) is 0 Å². The van der Waals surface area contributed by atoms with Gasteiger partial charge in [-0.05, 0) is 25.1 Å². The summed E-state index contributed by atoms with van der Waals surface area (Å²) in [5.41, 5.74) is 7.84. The van der Waals surface area contributed by atoms with Gasteiger partial charge in [-0.2, -0.15) is 0 Å². The van der Waals surface area contributed by atoms with Crippen LogP contribution in [0, 0.1) is 0 Å². The number of carbonyl (C=O) groups is 1. The van der Waals surface area contributed by atoms with E-state index in [1.807, 2.05) is 5.38 Å². The number of rotatable bonds is 4. The minimum absolute atomic E-state index is 0.0283. The molecule has 1 heterocycles. The first-order valence-corrected chi connectivity index (χ1v) is 7.63. The standard InChI is InChI=1S/C16H20N2O2S/c1-10(19)12-7-11(17)5-6-13(12)20-8-15-18-14(9-21-15)16(2,3)4/h5-7,9H,8,17H2,1-4H3. The summed E-state index contributed by atoms with van der Waals surface area (Å²) in [5, 5.41) is 2.94. The SMILES string of the molecule is CC(=O)c1cc(N)ccc1OCc1nc(C(C)(C)C)cs1. The number of aromatic nitrogens is 1. The fourth-order valence-electron chi connectivity index (χ4n) is 1.81. The van der Waals surface area contributed by atoms with E-state index in [0.29, 0.717) is 23.6 Å². The van der Waals surface area contributed by atoms with Crippen molar-refractivity contribution in [2.45, 2.75) is 39.7 Å². The maximum atomic E-state index is 11.6. The average Bonchev–Trinajstić information content (AvgIpc) is 2.85. The lowest BCUT2D eigenvalue weighted by molar-refractivity contribution is 0.101. The second-order valence-corrected chi connectivity index (χ2v) is 6.92. The summed E-state index contributed by atoms with van der Waals surface area (Å²) in [6.45, 7) is 8.23. The van der Waals surface area contributed by atoms with Crippen LogP contribution in [0.1, 0.15) is 48.8 Å². The summed E-state index contributed by atoms with van der Waals surface area (Å²) >= 11 is 1.57. The van der Waals surface area contributed by atoms with Crippen molar-refractivity contribution in [3.8, 4) is 5.75 Å². The van der Waals surface area contributed by atoms with Gasteiger partial charge in [0.1, 0.15) is 17.4 Å². The first kappa shape index (κ1) is 15.5. The van der Waals surface area contributed by atoms with Crippen molar-refractivity contribution in [3.05, 3.63) is 39.8 Å². The number of hydrogen-bond donors (Lipinski definition) is 1. The maximum Gasteiger partial charge on any atom is 0.163 e. The molecular weight excluding hydrogens is 284 g/mol. The molecule has 2 aromatic rings. The van der Waals surface area contributed by atoms with E-state index in [2.05, 4.69) is 25.8 Å². The van der Waals surface area contributed by atoms with Gasteiger partial charge in [0.2, 0.25) is 0 Å². The fourth-order valence-corrected chi connectivity index (χ4v) is 2.74. The van der Waals surface area contributed by atoms with Crippen LogP contribution in [0.5, 0.6) is 5.75 Å². The Balaban J connectivity index is 2.13. The first-order valence-electron chi connectivity index (χ1n) is 6.75. The maximum absolute atomic E-state index is 11.6. The summed E-state index contributed by atoms with van der Waals surface area (Å²) in [5.74, 6) is 0.482. The van der Waals surface area contributed by atoms with Gasteiger partial charge in [-0.3, -0.25) is 4.79 Å². The van der Waals surface area contributed by atoms with Crippen LogP contribution in [0.2, 0.25) is 0 Å². The van der Waals surface area contributed by atoms with Crippen molar-refractivity contribution in [3.63, 3.8) is 0 Å². The number of carbonyl (C=O) groups excluding carboxylic acids is 1. The van der Waals surface area contributed by atoms with Crippen LogP contribution in [0.3, 0.4) is 0 Å². The Morgan fingerprint density at radius 3 is 2.67 bits per heavy atom. The smallest absolute Gasteiger partial charge is 0.163 e. The molecule has 21 heavy (non-hydrogen) atoms. The molecule has 0 bridgehead atoms. The second-order valence-electron chi connectivity index (χ2n) is 5.98. The summed E-state index contributed by atoms with van der Waals surface area (Å²) in [6, 6.07) is 5.09. The molecule has 0 aliphatic rings. The molecule has 0 saturated carbocycles. The molecular formula is C16H20N2O2S. The Labute approximate surface area is 129 Å². The minimum Gasteiger partial charge on any atom is -0.486 e. The number of Topliss-reactive ketones (excluding diaryl/α,β-unsaturated/α-hetero) is 1. The molecule has 1 aromatic carbocycles. The van der Waals surface area contributed by atoms with Crippen LogP contribution >= 0.6 is 11.3 Å². The monoisotopic (exact) mass is 304 g/mol. The Kier molecular flexibility index (Phi) is 4.32. The molecule has 0 fully saturated rings. The Morgan fingerprint density at radius 1 is 1.38 bits per heavy atom. The molecule has 0 unspecified atom stereocenters. The Morgan fingerprint density at radius 2 is 2.10 bits per heavy atom. The molecule has 0 spiro atoms. The van der Waals surface area contributed by atoms with Crippen molar-refractivity contribution < 1.29 is 9.53 Å². The number of nitrogens with zero attached hydrogens (tertiary/aromatic N) is 1. The van der Waals surface area contributed by atoms with Gasteiger partial charge in [0.25, 0.3) is 0 Å². The van der Waals surface area contributed by atoms with Crippen molar-refractivity contribution >= 4 is 22.8 Å². The number of anilines is 1. The molecule has 1 aromatic heterocycles. The zero-order chi connectivity index (χ0) is 15.6. The summed E-state index contributed by atoms with van der Waals surface area (Å²) in [7, 11) is 0. The molecule has 0 aliphatic carbocycles. The predicted molar refractivity (Wildman–Crippen MR) is 86.0 cm³/mol. The quantitative estimate of drug-likeness (QED) is 0.689. The molecule has 112 valence electrons. The van der Waals surface area contributed by atoms with E-state index in [9.17, 15) is 4.79 Å². The van der Waals surface area contributed by atoms with E-state index in [1.165, 1.54) is 6.92 Å². The molecule has 0 aliphatic heterocycles. The van der Waals surface area contributed by atoms with Crippen LogP contribution in [0.25, 0.3) is 0 Å². The average molecular weight is 304 g/mol. The third-order valence-electron chi connectivity index (χ3n) is 3.05. The van der Waals surface area contributed by atoms with Crippen molar-refractivity contribution in [1.29, 1.82) is 0 Å². The summed E-state index contributed by atoms with van der Waals surface area (Å²) < 4.78 is 5.74. The zero-order valence-corrected chi connectivity index (χ0v) is 13.6. The molecule has 4 nitrogen and oxygen atoms in total. The highest BCUT2D eigenvalue weighted by Gasteiger charge is 2.18. The van der Waals surface area contributed by atoms with E-state index in [4.69, 9.17) is 10.5 Å². The van der Waals surface area contributed by atoms with Gasteiger partial charge in [-0.15, -0.1) is 11.3 Å². The molecule has 2 N–H and O–H groups in total. The number of benzene rings is 1. The number of hydrogen-bond acceptors (Lipinski definition) is 5. The third-order valence-corrected chi connectivity index (χ3v) is 3.88. The van der Waals surface area contributed by atoms with Gasteiger partial charge in [-0.1, -0.05) is 20.8 Å². The summed E-state index contributed by atoms with van der Waals surface area (Å²) in [4.78, 5) is 16.2. The Hall–Kier alpha value is -1.88. The molecule has 0 radical (unpaired) electrons. The largest absolute Gasteiger partial charge is 0.486 e. The predicted octanol–water partition coefficient (Wildman–Crippen LogP) is 3.80. The number of thiazole rings is 1. The lowest BCUT2D eigenvalue weighted by Gasteiger charge is -2.14. The topological polar surface area (TPSA) is 65.2 Å². The third kappa shape index (κ3) is 3.82. The molecule has 2 rings (SSSR count). The Bertz CT molecular complexity index is 657. The molecule has 0 saturated heterocycles. The van der Waals surface area contributed by atoms with Crippen LogP contribution in [0.15, 0.2) is 23.6 Å². The fraction of sp³-hybridized carbons (Fsp3) is 0.375. The minimum atomic E-state index is -0.0631. The molecule has 0 atom stereocenters. The van der Waals surface area contributed by atoms with Gasteiger partial charge in [-0.25, -0.2) is 4.98 Å². The van der Waals surface area contributed by atoms with Crippen molar-refractivity contribution in [1.82, 2.24) is 4.98 Å². The summed E-state index contributed by atoms with van der Waals surface area (Å²) in [6.07, 6.45) is 0. The molecule has 5 heteroatoms. The lowest BCUT2D eigenvalue weighted by atomic mass is 9.93.